The summed E-state index contributed by atoms with van der Waals surface area (Å²) < 4.78 is 5.19. The number of anilines is 1. The van der Waals surface area contributed by atoms with E-state index in [1.54, 1.807) is 7.11 Å². The molecule has 1 aliphatic carbocycles. The Hall–Kier alpha value is -2.00. The molecule has 3 rings (SSSR count). The highest BCUT2D eigenvalue weighted by atomic mass is 35.5. The summed E-state index contributed by atoms with van der Waals surface area (Å²) in [4.78, 5) is 13.2. The number of nitrogens with one attached hydrogen (secondary N) is 1. The standard InChI is InChI=1S/C21H24ClNO2/c1-25-17-13-11-16(12-14-17)21(24)20(15-7-3-2-4-8-15)23-19-10-6-5-9-18(19)22/h5-6,9-15,20,23H,2-4,7-8H2,1H3. The molecule has 2 aromatic rings. The molecule has 4 heteroatoms. The van der Waals surface area contributed by atoms with Crippen LogP contribution in [0.25, 0.3) is 0 Å². The third-order valence-corrected chi connectivity index (χ3v) is 5.29. The van der Waals surface area contributed by atoms with E-state index in [4.69, 9.17) is 16.3 Å². The maximum absolute atomic E-state index is 13.2. The van der Waals surface area contributed by atoms with Crippen LogP contribution in [0.3, 0.4) is 0 Å². The number of ether oxygens (including phenoxy) is 1. The van der Waals surface area contributed by atoms with Crippen molar-refractivity contribution >= 4 is 23.1 Å². The van der Waals surface area contributed by atoms with Gasteiger partial charge in [0.1, 0.15) is 5.75 Å². The van der Waals surface area contributed by atoms with E-state index >= 15 is 0 Å². The maximum Gasteiger partial charge on any atom is 0.185 e. The van der Waals surface area contributed by atoms with Crippen molar-refractivity contribution < 1.29 is 9.53 Å². The van der Waals surface area contributed by atoms with E-state index in [0.29, 0.717) is 16.5 Å². The first-order valence-corrected chi connectivity index (χ1v) is 9.26. The van der Waals surface area contributed by atoms with E-state index in [0.717, 1.165) is 24.3 Å². The number of rotatable bonds is 6. The zero-order valence-electron chi connectivity index (χ0n) is 14.5. The number of hydrogen-bond donors (Lipinski definition) is 1. The average Bonchev–Trinajstić information content (AvgIpc) is 2.67. The fraction of sp³-hybridized carbons (Fsp3) is 0.381. The van der Waals surface area contributed by atoms with Crippen LogP contribution in [-0.2, 0) is 0 Å². The van der Waals surface area contributed by atoms with E-state index in [-0.39, 0.29) is 11.8 Å². The maximum atomic E-state index is 13.2. The lowest BCUT2D eigenvalue weighted by atomic mass is 9.81. The highest BCUT2D eigenvalue weighted by molar-refractivity contribution is 6.33. The lowest BCUT2D eigenvalue weighted by Gasteiger charge is -2.31. The van der Waals surface area contributed by atoms with Gasteiger partial charge in [0, 0.05) is 5.56 Å². The fourth-order valence-corrected chi connectivity index (χ4v) is 3.74. The first kappa shape index (κ1) is 17.8. The van der Waals surface area contributed by atoms with Crippen molar-refractivity contribution in [2.45, 2.75) is 38.1 Å². The van der Waals surface area contributed by atoms with Crippen molar-refractivity contribution in [3.63, 3.8) is 0 Å². The predicted octanol–water partition coefficient (Wildman–Crippen LogP) is 5.59. The number of Topliss-reactive ketones (excluding diaryl/α,β-unsaturated/α-hetero) is 1. The molecule has 1 N–H and O–H groups in total. The topological polar surface area (TPSA) is 38.3 Å². The molecule has 2 aromatic carbocycles. The zero-order valence-corrected chi connectivity index (χ0v) is 15.3. The van der Waals surface area contributed by atoms with Crippen LogP contribution in [0.2, 0.25) is 5.02 Å². The van der Waals surface area contributed by atoms with Gasteiger partial charge in [0.2, 0.25) is 0 Å². The fourth-order valence-electron chi connectivity index (χ4n) is 3.55. The summed E-state index contributed by atoms with van der Waals surface area (Å²) in [6.45, 7) is 0. The highest BCUT2D eigenvalue weighted by Crippen LogP contribution is 2.32. The SMILES string of the molecule is COc1ccc(C(=O)C(Nc2ccccc2Cl)C2CCCCC2)cc1. The lowest BCUT2D eigenvalue weighted by molar-refractivity contribution is 0.0929. The molecule has 3 nitrogen and oxygen atoms in total. The number of carbonyl (C=O) groups excluding carboxylic acids is 1. The number of benzene rings is 2. The number of para-hydroxylation sites is 1. The number of carbonyl (C=O) groups is 1. The molecule has 0 aromatic heterocycles. The molecule has 0 saturated heterocycles. The van der Waals surface area contributed by atoms with Gasteiger partial charge in [-0.25, -0.2) is 0 Å². The van der Waals surface area contributed by atoms with Crippen molar-refractivity contribution in [1.29, 1.82) is 0 Å². The number of hydrogen-bond acceptors (Lipinski definition) is 3. The van der Waals surface area contributed by atoms with Crippen LogP contribution in [-0.4, -0.2) is 18.9 Å². The Labute approximate surface area is 154 Å². The molecule has 0 aliphatic heterocycles. The van der Waals surface area contributed by atoms with Crippen LogP contribution in [0.4, 0.5) is 5.69 Å². The number of methoxy groups -OCH3 is 1. The minimum Gasteiger partial charge on any atom is -0.497 e. The summed E-state index contributed by atoms with van der Waals surface area (Å²) in [5.74, 6) is 1.21. The quantitative estimate of drug-likeness (QED) is 0.684. The molecule has 0 heterocycles. The smallest absolute Gasteiger partial charge is 0.185 e. The van der Waals surface area contributed by atoms with Crippen molar-refractivity contribution in [3.8, 4) is 5.75 Å². The van der Waals surface area contributed by atoms with Gasteiger partial charge in [-0.05, 0) is 55.2 Å². The summed E-state index contributed by atoms with van der Waals surface area (Å²) in [6.07, 6.45) is 5.77. The van der Waals surface area contributed by atoms with Gasteiger partial charge in [-0.2, -0.15) is 0 Å². The van der Waals surface area contributed by atoms with Crippen LogP contribution in [0, 0.1) is 5.92 Å². The molecule has 1 fully saturated rings. The van der Waals surface area contributed by atoms with Gasteiger partial charge in [0.25, 0.3) is 0 Å². The van der Waals surface area contributed by atoms with Gasteiger partial charge in [-0.15, -0.1) is 0 Å². The van der Waals surface area contributed by atoms with Crippen molar-refractivity contribution in [1.82, 2.24) is 0 Å². The van der Waals surface area contributed by atoms with E-state index in [2.05, 4.69) is 5.32 Å². The average molecular weight is 358 g/mol. The van der Waals surface area contributed by atoms with Gasteiger partial charge in [0.15, 0.2) is 5.78 Å². The molecule has 1 unspecified atom stereocenters. The molecular weight excluding hydrogens is 334 g/mol. The normalized spacial score (nSPS) is 16.2. The van der Waals surface area contributed by atoms with Gasteiger partial charge >= 0.3 is 0 Å². The van der Waals surface area contributed by atoms with Crippen LogP contribution in [0.1, 0.15) is 42.5 Å². The lowest BCUT2D eigenvalue weighted by Crippen LogP contribution is -2.38. The molecule has 132 valence electrons. The number of halogens is 1. The Balaban J connectivity index is 1.86. The van der Waals surface area contributed by atoms with Crippen molar-refractivity contribution in [2.75, 3.05) is 12.4 Å². The molecule has 1 aliphatic rings. The van der Waals surface area contributed by atoms with Crippen molar-refractivity contribution in [2.24, 2.45) is 5.92 Å². The molecule has 0 amide bonds. The summed E-state index contributed by atoms with van der Waals surface area (Å²) in [6, 6.07) is 14.7. The molecule has 1 atom stereocenters. The molecule has 0 spiro atoms. The van der Waals surface area contributed by atoms with Crippen LogP contribution in [0.5, 0.6) is 5.75 Å². The Morgan fingerprint density at radius 3 is 2.40 bits per heavy atom. The van der Waals surface area contributed by atoms with E-state index < -0.39 is 0 Å². The summed E-state index contributed by atoms with van der Waals surface area (Å²) in [5.41, 5.74) is 1.53. The van der Waals surface area contributed by atoms with Gasteiger partial charge in [0.05, 0.1) is 23.9 Å². The second-order valence-electron chi connectivity index (χ2n) is 6.59. The Morgan fingerprint density at radius 2 is 1.76 bits per heavy atom. The monoisotopic (exact) mass is 357 g/mol. The minimum atomic E-state index is -0.256. The number of ketones is 1. The van der Waals surface area contributed by atoms with Gasteiger partial charge in [-0.1, -0.05) is 43.0 Å². The second kappa shape index (κ2) is 8.39. The van der Waals surface area contributed by atoms with Crippen molar-refractivity contribution in [3.05, 3.63) is 59.1 Å². The van der Waals surface area contributed by atoms with Crippen LogP contribution >= 0.6 is 11.6 Å². The van der Waals surface area contributed by atoms with Crippen LogP contribution < -0.4 is 10.1 Å². The van der Waals surface area contributed by atoms with Gasteiger partial charge in [-0.3, -0.25) is 4.79 Å². The Morgan fingerprint density at radius 1 is 1.08 bits per heavy atom. The van der Waals surface area contributed by atoms with Crippen LogP contribution in [0.15, 0.2) is 48.5 Å². The third kappa shape index (κ3) is 4.35. The predicted molar refractivity (Wildman–Crippen MR) is 103 cm³/mol. The first-order chi connectivity index (χ1) is 12.2. The van der Waals surface area contributed by atoms with Gasteiger partial charge < -0.3 is 10.1 Å². The summed E-state index contributed by atoms with van der Waals surface area (Å²) in [5, 5.41) is 4.08. The summed E-state index contributed by atoms with van der Waals surface area (Å²) >= 11 is 6.31. The summed E-state index contributed by atoms with van der Waals surface area (Å²) in [7, 11) is 1.63. The highest BCUT2D eigenvalue weighted by Gasteiger charge is 2.30. The molecule has 25 heavy (non-hydrogen) atoms. The zero-order chi connectivity index (χ0) is 17.6. The Kier molecular flexibility index (Phi) is 5.98. The third-order valence-electron chi connectivity index (χ3n) is 4.96. The molecular formula is C21H24ClNO2. The van der Waals surface area contributed by atoms with E-state index in [1.165, 1.54) is 19.3 Å². The van der Waals surface area contributed by atoms with E-state index in [1.807, 2.05) is 48.5 Å². The Bertz CT molecular complexity index is 708. The van der Waals surface area contributed by atoms with E-state index in [9.17, 15) is 4.79 Å². The molecule has 0 radical (unpaired) electrons. The second-order valence-corrected chi connectivity index (χ2v) is 7.00. The first-order valence-electron chi connectivity index (χ1n) is 8.88. The molecule has 1 saturated carbocycles. The minimum absolute atomic E-state index is 0.120. The molecule has 0 bridgehead atoms. The largest absolute Gasteiger partial charge is 0.497 e.